The molecule has 32 heavy (non-hydrogen) atoms. The molecule has 5 atom stereocenters. The number of aromatic nitrogens is 2. The molecule has 0 bridgehead atoms. The summed E-state index contributed by atoms with van der Waals surface area (Å²) in [4.78, 5) is 4.72. The topological polar surface area (TPSA) is 108 Å². The second-order valence-corrected chi connectivity index (χ2v) is 9.74. The van der Waals surface area contributed by atoms with E-state index in [0.29, 0.717) is 5.16 Å². The Kier molecular flexibility index (Phi) is 10.3. The fourth-order valence-corrected chi connectivity index (χ4v) is 5.38. The van der Waals surface area contributed by atoms with Gasteiger partial charge in [-0.1, -0.05) is 82.2 Å². The molecule has 4 N–H and O–H groups in total. The van der Waals surface area contributed by atoms with Gasteiger partial charge < -0.3 is 29.7 Å². The second-order valence-electron chi connectivity index (χ2n) is 8.68. The Morgan fingerprint density at radius 2 is 1.56 bits per heavy atom. The molecule has 2 heterocycles. The van der Waals surface area contributed by atoms with Crippen LogP contribution in [0.4, 0.5) is 0 Å². The standard InChI is InChI=1S/C24H38N2O5S/c1-2-3-4-5-6-7-8-9-12-15-26-18-14-11-10-13-17(18)25-24(26)32-23-22(30)21(29)20(28)19(16-27)31-23/h10-11,13-14,19-23,27-30H,2-9,12,15-16H2,1H3. The van der Waals surface area contributed by atoms with Gasteiger partial charge in [-0.25, -0.2) is 4.98 Å². The number of unbranched alkanes of at least 4 members (excludes halogenated alkanes) is 8. The van der Waals surface area contributed by atoms with Crippen LogP contribution in [0, 0.1) is 0 Å². The Bertz CT molecular complexity index is 815. The molecular formula is C24H38N2O5S. The maximum absolute atomic E-state index is 10.4. The van der Waals surface area contributed by atoms with Gasteiger partial charge in [0, 0.05) is 6.54 Å². The van der Waals surface area contributed by atoms with Crippen LogP contribution in [0.15, 0.2) is 29.4 Å². The Labute approximate surface area is 194 Å². The number of hydrogen-bond acceptors (Lipinski definition) is 7. The van der Waals surface area contributed by atoms with E-state index in [1.165, 1.54) is 56.7 Å². The number of aryl methyl sites for hydroxylation is 1. The van der Waals surface area contributed by atoms with Crippen molar-refractivity contribution >= 4 is 22.8 Å². The maximum Gasteiger partial charge on any atom is 0.171 e. The van der Waals surface area contributed by atoms with Crippen molar-refractivity contribution in [2.45, 2.75) is 106 Å². The van der Waals surface area contributed by atoms with Gasteiger partial charge >= 0.3 is 0 Å². The number of hydrogen-bond donors (Lipinski definition) is 4. The SMILES string of the molecule is CCCCCCCCCCCn1c(SC2OC(CO)C(O)C(O)C2O)nc2ccccc21. The summed E-state index contributed by atoms with van der Waals surface area (Å²) in [5.41, 5.74) is 1.07. The first-order valence-corrected chi connectivity index (χ1v) is 12.9. The normalized spacial score (nSPS) is 26.1. The lowest BCUT2D eigenvalue weighted by molar-refractivity contribution is -0.205. The third kappa shape index (κ3) is 6.46. The van der Waals surface area contributed by atoms with Crippen LogP contribution < -0.4 is 0 Å². The van der Waals surface area contributed by atoms with Crippen LogP contribution >= 0.6 is 11.8 Å². The van der Waals surface area contributed by atoms with E-state index in [1.807, 2.05) is 24.3 Å². The van der Waals surface area contributed by atoms with Crippen molar-refractivity contribution in [2.24, 2.45) is 0 Å². The molecule has 1 aromatic heterocycles. The maximum atomic E-state index is 10.4. The molecule has 1 aliphatic heterocycles. The predicted octanol–water partition coefficient (Wildman–Crippen LogP) is 3.46. The van der Waals surface area contributed by atoms with Gasteiger partial charge in [-0.15, -0.1) is 0 Å². The van der Waals surface area contributed by atoms with Crippen LogP contribution in [0.25, 0.3) is 11.0 Å². The smallest absolute Gasteiger partial charge is 0.171 e. The summed E-state index contributed by atoms with van der Waals surface area (Å²) in [6, 6.07) is 7.92. The zero-order valence-corrected chi connectivity index (χ0v) is 19.8. The highest BCUT2D eigenvalue weighted by Crippen LogP contribution is 2.34. The van der Waals surface area contributed by atoms with E-state index in [2.05, 4.69) is 11.5 Å². The van der Waals surface area contributed by atoms with Crippen molar-refractivity contribution in [3.05, 3.63) is 24.3 Å². The molecule has 7 nitrogen and oxygen atoms in total. The number of aliphatic hydroxyl groups is 4. The second kappa shape index (κ2) is 12.9. The minimum absolute atomic E-state index is 0.434. The molecule has 2 aromatic rings. The molecule has 1 aliphatic rings. The summed E-state index contributed by atoms with van der Waals surface area (Å²) in [6.07, 6.45) is 6.38. The van der Waals surface area contributed by atoms with Gasteiger partial charge in [-0.05, 0) is 18.6 Å². The Hall–Kier alpha value is -1.16. The third-order valence-corrected chi connectivity index (χ3v) is 7.32. The average Bonchev–Trinajstić information content (AvgIpc) is 3.15. The molecule has 1 saturated heterocycles. The minimum atomic E-state index is -1.38. The number of benzene rings is 1. The van der Waals surface area contributed by atoms with E-state index in [9.17, 15) is 20.4 Å². The van der Waals surface area contributed by atoms with Gasteiger partial charge in [0.05, 0.1) is 17.6 Å². The van der Waals surface area contributed by atoms with E-state index in [1.54, 1.807) is 0 Å². The Morgan fingerprint density at radius 1 is 0.906 bits per heavy atom. The lowest BCUT2D eigenvalue weighted by Crippen LogP contribution is -2.57. The first-order chi connectivity index (χ1) is 15.6. The molecule has 1 fully saturated rings. The van der Waals surface area contributed by atoms with Crippen molar-refractivity contribution in [3.63, 3.8) is 0 Å². The highest BCUT2D eigenvalue weighted by molar-refractivity contribution is 7.99. The first kappa shape index (κ1) is 25.5. The highest BCUT2D eigenvalue weighted by atomic mass is 32.2. The number of thioether (sulfide) groups is 1. The number of para-hydroxylation sites is 2. The molecule has 0 spiro atoms. The van der Waals surface area contributed by atoms with Gasteiger partial charge in [0.25, 0.3) is 0 Å². The largest absolute Gasteiger partial charge is 0.394 e. The summed E-state index contributed by atoms with van der Waals surface area (Å²) in [7, 11) is 0. The van der Waals surface area contributed by atoms with E-state index in [-0.39, 0.29) is 0 Å². The molecule has 1 aromatic carbocycles. The van der Waals surface area contributed by atoms with E-state index >= 15 is 0 Å². The van der Waals surface area contributed by atoms with Crippen LogP contribution in [0.2, 0.25) is 0 Å². The summed E-state index contributed by atoms with van der Waals surface area (Å²) in [5.74, 6) is 0. The predicted molar refractivity (Wildman–Crippen MR) is 127 cm³/mol. The molecule has 0 saturated carbocycles. The van der Waals surface area contributed by atoms with E-state index in [0.717, 1.165) is 30.4 Å². The van der Waals surface area contributed by atoms with E-state index in [4.69, 9.17) is 9.72 Å². The average molecular weight is 467 g/mol. The zero-order valence-electron chi connectivity index (χ0n) is 19.0. The van der Waals surface area contributed by atoms with Crippen LogP contribution in [-0.4, -0.2) is 66.4 Å². The quantitative estimate of drug-likeness (QED) is 0.335. The Morgan fingerprint density at radius 3 is 2.25 bits per heavy atom. The number of aliphatic hydroxyl groups excluding tert-OH is 4. The number of rotatable bonds is 13. The molecule has 0 radical (unpaired) electrons. The van der Waals surface area contributed by atoms with Crippen molar-refractivity contribution in [1.29, 1.82) is 0 Å². The molecule has 8 heteroatoms. The number of nitrogens with zero attached hydrogens (tertiary/aromatic N) is 2. The lowest BCUT2D eigenvalue weighted by atomic mass is 10.0. The van der Waals surface area contributed by atoms with Gasteiger partial charge in [0.15, 0.2) is 5.16 Å². The van der Waals surface area contributed by atoms with Gasteiger partial charge in [-0.2, -0.15) is 0 Å². The lowest BCUT2D eigenvalue weighted by Gasteiger charge is -2.39. The van der Waals surface area contributed by atoms with Crippen molar-refractivity contribution in [3.8, 4) is 0 Å². The summed E-state index contributed by atoms with van der Waals surface area (Å²) in [6.45, 7) is 2.62. The van der Waals surface area contributed by atoms with Crippen LogP contribution in [0.3, 0.4) is 0 Å². The summed E-state index contributed by atoms with van der Waals surface area (Å²) in [5, 5.41) is 40.7. The molecule has 3 rings (SSSR count). The first-order valence-electron chi connectivity index (χ1n) is 12.0. The number of fused-ring (bicyclic) bond motifs is 1. The highest BCUT2D eigenvalue weighted by Gasteiger charge is 2.44. The zero-order chi connectivity index (χ0) is 22.9. The number of imidazole rings is 1. The molecule has 0 aliphatic carbocycles. The van der Waals surface area contributed by atoms with Crippen LogP contribution in [0.5, 0.6) is 0 Å². The van der Waals surface area contributed by atoms with Crippen LogP contribution in [0.1, 0.15) is 64.7 Å². The number of ether oxygens (including phenoxy) is 1. The summed E-state index contributed by atoms with van der Waals surface area (Å²) < 4.78 is 7.82. The van der Waals surface area contributed by atoms with E-state index < -0.39 is 36.5 Å². The van der Waals surface area contributed by atoms with Crippen molar-refractivity contribution < 1.29 is 25.2 Å². The molecule has 0 amide bonds. The minimum Gasteiger partial charge on any atom is -0.394 e. The van der Waals surface area contributed by atoms with Gasteiger partial charge in [0.1, 0.15) is 29.9 Å². The molecule has 5 unspecified atom stereocenters. The van der Waals surface area contributed by atoms with Gasteiger partial charge in [0.2, 0.25) is 0 Å². The van der Waals surface area contributed by atoms with Crippen molar-refractivity contribution in [1.82, 2.24) is 9.55 Å². The van der Waals surface area contributed by atoms with Crippen molar-refractivity contribution in [2.75, 3.05) is 6.61 Å². The monoisotopic (exact) mass is 466 g/mol. The fourth-order valence-electron chi connectivity index (χ4n) is 4.21. The van der Waals surface area contributed by atoms with Gasteiger partial charge in [-0.3, -0.25) is 0 Å². The summed E-state index contributed by atoms with van der Waals surface area (Å²) >= 11 is 1.23. The third-order valence-electron chi connectivity index (χ3n) is 6.17. The van der Waals surface area contributed by atoms with Crippen LogP contribution in [-0.2, 0) is 11.3 Å². The fraction of sp³-hybridized carbons (Fsp3) is 0.708. The molecular weight excluding hydrogens is 428 g/mol. The molecule has 180 valence electrons. The Balaban J connectivity index is 1.60.